The Morgan fingerprint density at radius 1 is 1.56 bits per heavy atom. The van der Waals surface area contributed by atoms with Crippen LogP contribution >= 0.6 is 11.6 Å². The second kappa shape index (κ2) is 4.73. The molecule has 84 valence electrons. The molecule has 1 atom stereocenters. The van der Waals surface area contributed by atoms with E-state index in [0.29, 0.717) is 16.6 Å². The average Bonchev–Trinajstić information content (AvgIpc) is 2.29. The second-order valence-electron chi connectivity index (χ2n) is 4.07. The zero-order valence-electron chi connectivity index (χ0n) is 9.20. The van der Waals surface area contributed by atoms with Gasteiger partial charge in [0.25, 0.3) is 0 Å². The molecule has 1 aromatic carbocycles. The van der Waals surface area contributed by atoms with Crippen molar-refractivity contribution in [3.8, 4) is 6.07 Å². The van der Waals surface area contributed by atoms with Crippen LogP contribution in [0, 0.1) is 11.3 Å². The summed E-state index contributed by atoms with van der Waals surface area (Å²) >= 11 is 5.98. The molecule has 0 radical (unpaired) electrons. The fraction of sp³-hybridized carbons (Fsp3) is 0.417. The van der Waals surface area contributed by atoms with Gasteiger partial charge in [-0.05, 0) is 25.1 Å². The lowest BCUT2D eigenvalue weighted by Crippen LogP contribution is -2.49. The van der Waals surface area contributed by atoms with E-state index in [0.717, 1.165) is 25.3 Å². The van der Waals surface area contributed by atoms with Crippen LogP contribution in [0.15, 0.2) is 18.2 Å². The number of piperazine rings is 1. The van der Waals surface area contributed by atoms with Crippen molar-refractivity contribution >= 4 is 17.3 Å². The van der Waals surface area contributed by atoms with Crippen LogP contribution < -0.4 is 10.2 Å². The van der Waals surface area contributed by atoms with Crippen LogP contribution in [0.5, 0.6) is 0 Å². The van der Waals surface area contributed by atoms with Gasteiger partial charge < -0.3 is 10.2 Å². The Balaban J connectivity index is 2.31. The molecule has 1 saturated heterocycles. The Bertz CT molecular complexity index is 425. The molecule has 16 heavy (non-hydrogen) atoms. The van der Waals surface area contributed by atoms with E-state index >= 15 is 0 Å². The molecule has 1 N–H and O–H groups in total. The largest absolute Gasteiger partial charge is 0.368 e. The smallest absolute Gasteiger partial charge is 0.101 e. The number of nitriles is 1. The molecule has 0 unspecified atom stereocenters. The molecule has 1 aromatic rings. The number of hydrogen-bond acceptors (Lipinski definition) is 3. The summed E-state index contributed by atoms with van der Waals surface area (Å²) in [6.07, 6.45) is 0. The second-order valence-corrected chi connectivity index (χ2v) is 4.51. The molecule has 1 fully saturated rings. The maximum absolute atomic E-state index is 9.07. The lowest BCUT2D eigenvalue weighted by Gasteiger charge is -2.34. The molecule has 0 spiro atoms. The quantitative estimate of drug-likeness (QED) is 0.810. The van der Waals surface area contributed by atoms with Crippen molar-refractivity contribution in [1.29, 1.82) is 5.26 Å². The predicted octanol–water partition coefficient (Wildman–Crippen LogP) is 2.01. The number of hydrogen-bond donors (Lipinski definition) is 1. The van der Waals surface area contributed by atoms with Crippen LogP contribution in [-0.2, 0) is 0 Å². The molecule has 0 amide bonds. The highest BCUT2D eigenvalue weighted by atomic mass is 35.5. The minimum absolute atomic E-state index is 0.444. The highest BCUT2D eigenvalue weighted by Crippen LogP contribution is 2.25. The molecule has 2 rings (SSSR count). The van der Waals surface area contributed by atoms with Gasteiger partial charge in [-0.15, -0.1) is 0 Å². The summed E-state index contributed by atoms with van der Waals surface area (Å²) in [4.78, 5) is 2.21. The fourth-order valence-corrected chi connectivity index (χ4v) is 2.18. The number of halogens is 1. The number of anilines is 1. The first-order valence-electron chi connectivity index (χ1n) is 5.38. The maximum atomic E-state index is 9.07. The van der Waals surface area contributed by atoms with Crippen LogP contribution in [0.3, 0.4) is 0 Å². The van der Waals surface area contributed by atoms with Crippen molar-refractivity contribution in [3.63, 3.8) is 0 Å². The highest BCUT2D eigenvalue weighted by molar-refractivity contribution is 6.30. The summed E-state index contributed by atoms with van der Waals surface area (Å²) in [6, 6.07) is 8.07. The molecule has 0 saturated carbocycles. The van der Waals surface area contributed by atoms with Gasteiger partial charge in [-0.3, -0.25) is 0 Å². The summed E-state index contributed by atoms with van der Waals surface area (Å²) < 4.78 is 0. The first kappa shape index (κ1) is 11.3. The number of rotatable bonds is 1. The van der Waals surface area contributed by atoms with Crippen LogP contribution in [-0.4, -0.2) is 25.7 Å². The minimum Gasteiger partial charge on any atom is -0.368 e. The third-order valence-corrected chi connectivity index (χ3v) is 3.02. The van der Waals surface area contributed by atoms with Crippen molar-refractivity contribution in [3.05, 3.63) is 28.8 Å². The van der Waals surface area contributed by atoms with E-state index in [-0.39, 0.29) is 0 Å². The van der Waals surface area contributed by atoms with Crippen LogP contribution in [0.4, 0.5) is 5.69 Å². The molecule has 3 nitrogen and oxygen atoms in total. The molecule has 1 aliphatic heterocycles. The zero-order valence-corrected chi connectivity index (χ0v) is 9.96. The van der Waals surface area contributed by atoms with Gasteiger partial charge in [0.1, 0.15) is 6.07 Å². The van der Waals surface area contributed by atoms with Crippen LogP contribution in [0.1, 0.15) is 12.5 Å². The summed E-state index contributed by atoms with van der Waals surface area (Å²) in [5.41, 5.74) is 1.64. The SMILES string of the molecule is C[C@H]1CN(c2cc(Cl)ccc2C#N)CCN1. The summed E-state index contributed by atoms with van der Waals surface area (Å²) in [7, 11) is 0. The van der Waals surface area contributed by atoms with Crippen molar-refractivity contribution in [2.24, 2.45) is 0 Å². The van der Waals surface area contributed by atoms with Crippen LogP contribution in [0.25, 0.3) is 0 Å². The number of benzene rings is 1. The molecule has 1 heterocycles. The van der Waals surface area contributed by atoms with Gasteiger partial charge in [-0.2, -0.15) is 5.26 Å². The average molecular weight is 236 g/mol. The molecular weight excluding hydrogens is 222 g/mol. The van der Waals surface area contributed by atoms with E-state index in [4.69, 9.17) is 16.9 Å². The maximum Gasteiger partial charge on any atom is 0.101 e. The third-order valence-electron chi connectivity index (χ3n) is 2.79. The Morgan fingerprint density at radius 3 is 3.06 bits per heavy atom. The van der Waals surface area contributed by atoms with Crippen molar-refractivity contribution < 1.29 is 0 Å². The monoisotopic (exact) mass is 235 g/mol. The minimum atomic E-state index is 0.444. The van der Waals surface area contributed by atoms with Gasteiger partial charge in [0.15, 0.2) is 0 Å². The molecule has 4 heteroatoms. The topological polar surface area (TPSA) is 39.1 Å². The first-order valence-corrected chi connectivity index (χ1v) is 5.76. The zero-order chi connectivity index (χ0) is 11.5. The number of nitrogens with one attached hydrogen (secondary N) is 1. The molecule has 0 aliphatic carbocycles. The van der Waals surface area contributed by atoms with E-state index < -0.39 is 0 Å². The summed E-state index contributed by atoms with van der Waals surface area (Å²) in [5, 5.41) is 13.1. The molecule has 0 aromatic heterocycles. The third kappa shape index (κ3) is 2.29. The van der Waals surface area contributed by atoms with Gasteiger partial charge in [-0.25, -0.2) is 0 Å². The molecule has 1 aliphatic rings. The summed E-state index contributed by atoms with van der Waals surface area (Å²) in [6.45, 7) is 4.91. The van der Waals surface area contributed by atoms with Gasteiger partial charge in [0.05, 0.1) is 11.3 Å². The Morgan fingerprint density at radius 2 is 2.38 bits per heavy atom. The van der Waals surface area contributed by atoms with Crippen molar-refractivity contribution in [2.75, 3.05) is 24.5 Å². The van der Waals surface area contributed by atoms with E-state index in [2.05, 4.69) is 23.2 Å². The summed E-state index contributed by atoms with van der Waals surface area (Å²) in [5.74, 6) is 0. The Hall–Kier alpha value is -1.24. The van der Waals surface area contributed by atoms with Gasteiger partial charge in [-0.1, -0.05) is 11.6 Å². The van der Waals surface area contributed by atoms with E-state index in [1.807, 2.05) is 6.07 Å². The lowest BCUT2D eigenvalue weighted by atomic mass is 10.1. The Kier molecular flexibility index (Phi) is 3.33. The van der Waals surface area contributed by atoms with Crippen LogP contribution in [0.2, 0.25) is 5.02 Å². The number of nitrogens with zero attached hydrogens (tertiary/aromatic N) is 2. The van der Waals surface area contributed by atoms with Crippen molar-refractivity contribution in [1.82, 2.24) is 5.32 Å². The van der Waals surface area contributed by atoms with Crippen molar-refractivity contribution in [2.45, 2.75) is 13.0 Å². The van der Waals surface area contributed by atoms with Gasteiger partial charge in [0.2, 0.25) is 0 Å². The normalized spacial score (nSPS) is 20.6. The fourth-order valence-electron chi connectivity index (χ4n) is 2.01. The van der Waals surface area contributed by atoms with Gasteiger partial charge >= 0.3 is 0 Å². The first-order chi connectivity index (χ1) is 7.70. The molecular formula is C12H14ClN3. The Labute approximate surface area is 101 Å². The lowest BCUT2D eigenvalue weighted by molar-refractivity contribution is 0.484. The van der Waals surface area contributed by atoms with E-state index in [1.165, 1.54) is 0 Å². The van der Waals surface area contributed by atoms with Gasteiger partial charge in [0, 0.05) is 30.7 Å². The van der Waals surface area contributed by atoms with E-state index in [9.17, 15) is 0 Å². The highest BCUT2D eigenvalue weighted by Gasteiger charge is 2.18. The standard InChI is InChI=1S/C12H14ClN3/c1-9-8-16(5-4-15-9)12-6-11(13)3-2-10(12)7-14/h2-3,6,9,15H,4-5,8H2,1H3/t9-/m0/s1. The molecule has 0 bridgehead atoms. The van der Waals surface area contributed by atoms with E-state index in [1.54, 1.807) is 12.1 Å². The predicted molar refractivity (Wildman–Crippen MR) is 65.8 cm³/mol.